The fraction of sp³-hybridized carbons (Fsp3) is 0.350. The fourth-order valence-electron chi connectivity index (χ4n) is 2.78. The van der Waals surface area contributed by atoms with Crippen LogP contribution in [0.4, 0.5) is 4.79 Å². The number of ether oxygens (including phenoxy) is 1. The molecule has 0 saturated heterocycles. The maximum atomic E-state index is 12.4. The highest BCUT2D eigenvalue weighted by Gasteiger charge is 2.17. The number of likely N-dealkylation sites (N-methyl/N-ethyl adjacent to an activating group) is 1. The number of pyridine rings is 1. The molecule has 0 radical (unpaired) electrons. The number of aromatic nitrogens is 2. The number of urea groups is 1. The minimum atomic E-state index is -0.185. The second-order valence-corrected chi connectivity index (χ2v) is 6.59. The second-order valence-electron chi connectivity index (χ2n) is 6.59. The molecule has 0 spiro atoms. The number of oxazole rings is 1. The third-order valence-corrected chi connectivity index (χ3v) is 4.49. The van der Waals surface area contributed by atoms with Crippen LogP contribution in [0.25, 0.3) is 11.1 Å². The van der Waals surface area contributed by atoms with Crippen molar-refractivity contribution in [2.45, 2.75) is 32.9 Å². The molecule has 3 aromatic rings. The van der Waals surface area contributed by atoms with E-state index in [1.807, 2.05) is 32.0 Å². The summed E-state index contributed by atoms with van der Waals surface area (Å²) < 4.78 is 10.8. The van der Waals surface area contributed by atoms with Crippen LogP contribution in [0.1, 0.15) is 24.1 Å². The molecular formula is C20H24N4O3. The number of hydrogen-bond acceptors (Lipinski definition) is 5. The van der Waals surface area contributed by atoms with Gasteiger partial charge in [0.05, 0.1) is 13.7 Å². The molecule has 2 amide bonds. The molecule has 0 aliphatic heterocycles. The van der Waals surface area contributed by atoms with Crippen LogP contribution in [0, 0.1) is 6.92 Å². The van der Waals surface area contributed by atoms with Crippen LogP contribution >= 0.6 is 0 Å². The average molecular weight is 368 g/mol. The topological polar surface area (TPSA) is 80.5 Å². The van der Waals surface area contributed by atoms with Crippen LogP contribution in [0.3, 0.4) is 0 Å². The van der Waals surface area contributed by atoms with Gasteiger partial charge in [-0.25, -0.2) is 9.78 Å². The lowest BCUT2D eigenvalue weighted by Crippen LogP contribution is -2.43. The predicted octanol–water partition coefficient (Wildman–Crippen LogP) is 3.31. The molecule has 2 heterocycles. The van der Waals surface area contributed by atoms with Crippen molar-refractivity contribution in [1.82, 2.24) is 20.2 Å². The molecule has 0 saturated carbocycles. The van der Waals surface area contributed by atoms with E-state index in [1.165, 1.54) is 0 Å². The lowest BCUT2D eigenvalue weighted by Gasteiger charge is -2.24. The quantitative estimate of drug-likeness (QED) is 0.722. The number of carbonyl (C=O) groups excluding carboxylic acids is 1. The largest absolute Gasteiger partial charge is 0.497 e. The summed E-state index contributed by atoms with van der Waals surface area (Å²) in [6.07, 6.45) is 2.48. The van der Waals surface area contributed by atoms with Crippen LogP contribution in [0.2, 0.25) is 0 Å². The molecule has 1 unspecified atom stereocenters. The monoisotopic (exact) mass is 368 g/mol. The zero-order chi connectivity index (χ0) is 19.4. The number of carbonyl (C=O) groups is 1. The Balaban J connectivity index is 1.57. The normalized spacial score (nSPS) is 12.0. The molecular weight excluding hydrogens is 344 g/mol. The standard InChI is InChI=1S/C20H24N4O3/c1-13-7-8-21-15(9-13)10-14(2)24(3)20(25)22-12-19-23-17-11-16(26-4)5-6-18(17)27-19/h5-9,11,14H,10,12H2,1-4H3,(H,22,25). The van der Waals surface area contributed by atoms with Gasteiger partial charge in [-0.3, -0.25) is 4.98 Å². The number of fused-ring (bicyclic) bond motifs is 1. The van der Waals surface area contributed by atoms with Crippen LogP contribution in [-0.4, -0.2) is 41.1 Å². The first kappa shape index (κ1) is 18.7. The van der Waals surface area contributed by atoms with Gasteiger partial charge in [-0.05, 0) is 43.7 Å². The van der Waals surface area contributed by atoms with E-state index in [4.69, 9.17) is 9.15 Å². The van der Waals surface area contributed by atoms with Gasteiger partial charge in [-0.2, -0.15) is 0 Å². The smallest absolute Gasteiger partial charge is 0.317 e. The summed E-state index contributed by atoms with van der Waals surface area (Å²) in [5.74, 6) is 1.16. The van der Waals surface area contributed by atoms with E-state index in [9.17, 15) is 4.79 Å². The molecule has 3 rings (SSSR count). The number of benzene rings is 1. The summed E-state index contributed by atoms with van der Waals surface area (Å²) in [6, 6.07) is 9.23. The average Bonchev–Trinajstić information content (AvgIpc) is 3.07. The van der Waals surface area contributed by atoms with Crippen molar-refractivity contribution in [1.29, 1.82) is 0 Å². The number of hydrogen-bond donors (Lipinski definition) is 1. The molecule has 7 heteroatoms. The molecule has 27 heavy (non-hydrogen) atoms. The number of amides is 2. The van der Waals surface area contributed by atoms with Crippen molar-refractivity contribution in [3.05, 3.63) is 53.7 Å². The molecule has 1 aromatic carbocycles. The summed E-state index contributed by atoms with van der Waals surface area (Å²) in [6.45, 7) is 4.24. The molecule has 0 aliphatic carbocycles. The number of methoxy groups -OCH3 is 1. The van der Waals surface area contributed by atoms with Crippen molar-refractivity contribution < 1.29 is 13.9 Å². The van der Waals surface area contributed by atoms with E-state index in [-0.39, 0.29) is 18.6 Å². The zero-order valence-corrected chi connectivity index (χ0v) is 16.0. The third-order valence-electron chi connectivity index (χ3n) is 4.49. The molecule has 7 nitrogen and oxygen atoms in total. The van der Waals surface area contributed by atoms with Gasteiger partial charge >= 0.3 is 6.03 Å². The van der Waals surface area contributed by atoms with Gasteiger partial charge in [0.2, 0.25) is 5.89 Å². The summed E-state index contributed by atoms with van der Waals surface area (Å²) >= 11 is 0. The minimum Gasteiger partial charge on any atom is -0.497 e. The van der Waals surface area contributed by atoms with Crippen molar-refractivity contribution in [3.8, 4) is 5.75 Å². The van der Waals surface area contributed by atoms with Gasteiger partial charge in [0.1, 0.15) is 11.3 Å². The molecule has 0 aliphatic rings. The van der Waals surface area contributed by atoms with Crippen molar-refractivity contribution in [3.63, 3.8) is 0 Å². The van der Waals surface area contributed by atoms with E-state index in [1.54, 1.807) is 37.4 Å². The van der Waals surface area contributed by atoms with E-state index in [2.05, 4.69) is 15.3 Å². The number of rotatable bonds is 6. The van der Waals surface area contributed by atoms with Crippen molar-refractivity contribution in [2.75, 3.05) is 14.2 Å². The van der Waals surface area contributed by atoms with Gasteiger partial charge in [0, 0.05) is 37.5 Å². The zero-order valence-electron chi connectivity index (χ0n) is 16.0. The summed E-state index contributed by atoms with van der Waals surface area (Å²) in [5.41, 5.74) is 3.49. The molecule has 1 atom stereocenters. The summed E-state index contributed by atoms with van der Waals surface area (Å²) in [7, 11) is 3.37. The maximum Gasteiger partial charge on any atom is 0.317 e. The Bertz CT molecular complexity index is 938. The highest BCUT2D eigenvalue weighted by atomic mass is 16.5. The van der Waals surface area contributed by atoms with Crippen molar-refractivity contribution >= 4 is 17.1 Å². The van der Waals surface area contributed by atoms with E-state index < -0.39 is 0 Å². The maximum absolute atomic E-state index is 12.4. The fourth-order valence-corrected chi connectivity index (χ4v) is 2.78. The predicted molar refractivity (Wildman–Crippen MR) is 103 cm³/mol. The van der Waals surface area contributed by atoms with E-state index in [0.29, 0.717) is 29.2 Å². The Morgan fingerprint density at radius 2 is 2.15 bits per heavy atom. The first-order valence-electron chi connectivity index (χ1n) is 8.82. The lowest BCUT2D eigenvalue weighted by atomic mass is 10.1. The Kier molecular flexibility index (Phi) is 5.59. The van der Waals surface area contributed by atoms with Gasteiger partial charge in [-0.15, -0.1) is 0 Å². The number of nitrogens with zero attached hydrogens (tertiary/aromatic N) is 3. The Morgan fingerprint density at radius 1 is 1.33 bits per heavy atom. The Labute approximate surface area is 158 Å². The molecule has 2 aromatic heterocycles. The first-order valence-corrected chi connectivity index (χ1v) is 8.82. The number of aryl methyl sites for hydroxylation is 1. The highest BCUT2D eigenvalue weighted by Crippen LogP contribution is 2.21. The Hall–Kier alpha value is -3.09. The minimum absolute atomic E-state index is 0.00666. The molecule has 0 fully saturated rings. The van der Waals surface area contributed by atoms with Gasteiger partial charge < -0.3 is 19.4 Å². The summed E-state index contributed by atoms with van der Waals surface area (Å²) in [5, 5.41) is 2.85. The third kappa shape index (κ3) is 4.55. The summed E-state index contributed by atoms with van der Waals surface area (Å²) in [4.78, 5) is 22.8. The van der Waals surface area contributed by atoms with Crippen molar-refractivity contribution in [2.24, 2.45) is 0 Å². The lowest BCUT2D eigenvalue weighted by molar-refractivity contribution is 0.192. The van der Waals surface area contributed by atoms with E-state index in [0.717, 1.165) is 11.3 Å². The second kappa shape index (κ2) is 8.07. The van der Waals surface area contributed by atoms with Crippen LogP contribution in [-0.2, 0) is 13.0 Å². The van der Waals surface area contributed by atoms with Gasteiger partial charge in [0.15, 0.2) is 5.58 Å². The van der Waals surface area contributed by atoms with Crippen LogP contribution in [0.15, 0.2) is 40.9 Å². The SMILES string of the molecule is COc1ccc2oc(CNC(=O)N(C)C(C)Cc3cc(C)ccn3)nc2c1. The van der Waals surface area contributed by atoms with E-state index >= 15 is 0 Å². The molecule has 1 N–H and O–H groups in total. The molecule has 0 bridgehead atoms. The van der Waals surface area contributed by atoms with Crippen LogP contribution < -0.4 is 10.1 Å². The Morgan fingerprint density at radius 3 is 2.89 bits per heavy atom. The highest BCUT2D eigenvalue weighted by molar-refractivity contribution is 5.75. The van der Waals surface area contributed by atoms with Crippen LogP contribution in [0.5, 0.6) is 5.75 Å². The number of nitrogens with one attached hydrogen (secondary N) is 1. The van der Waals surface area contributed by atoms with Gasteiger partial charge in [0.25, 0.3) is 0 Å². The first-order chi connectivity index (χ1) is 13.0. The molecule has 142 valence electrons. The van der Waals surface area contributed by atoms with Gasteiger partial charge in [-0.1, -0.05) is 0 Å².